The van der Waals surface area contributed by atoms with Crippen LogP contribution in [0.2, 0.25) is 0 Å². The second-order valence-corrected chi connectivity index (χ2v) is 7.15. The van der Waals surface area contributed by atoms with Crippen molar-refractivity contribution in [1.29, 1.82) is 0 Å². The molecule has 9 nitrogen and oxygen atoms in total. The van der Waals surface area contributed by atoms with Crippen LogP contribution in [0.1, 0.15) is 13.8 Å². The summed E-state index contributed by atoms with van der Waals surface area (Å²) < 4.78 is 37.4. The summed E-state index contributed by atoms with van der Waals surface area (Å²) in [6.45, 7) is 6.44. The number of carbonyl (C=O) groups excluding carboxylic acids is 1. The fraction of sp³-hybridized carbons (Fsp3) is 0.786. The first-order chi connectivity index (χ1) is 11.0. The first-order valence-electron chi connectivity index (χ1n) is 7.53. The molecule has 0 aliphatic carbocycles. The van der Waals surface area contributed by atoms with Gasteiger partial charge in [0.15, 0.2) is 0 Å². The smallest absolute Gasteiger partial charge is 0.354 e. The van der Waals surface area contributed by atoms with Gasteiger partial charge in [-0.05, 0) is 13.8 Å². The van der Waals surface area contributed by atoms with Gasteiger partial charge in [-0.15, -0.1) is 0 Å². The second kappa shape index (κ2) is 10.2. The minimum absolute atomic E-state index is 0.0486. The van der Waals surface area contributed by atoms with Crippen molar-refractivity contribution < 1.29 is 42.0 Å². The lowest BCUT2D eigenvalue weighted by atomic mass is 10.5. The maximum atomic E-state index is 11.8. The first-order valence-corrected chi connectivity index (χ1v) is 8.99. The van der Waals surface area contributed by atoms with E-state index in [9.17, 15) is 14.3 Å². The van der Waals surface area contributed by atoms with E-state index in [-0.39, 0.29) is 19.8 Å². The molecule has 1 unspecified atom stereocenters. The summed E-state index contributed by atoms with van der Waals surface area (Å²) in [5.74, 6) is -2.83. The molecule has 10 heteroatoms. The molecule has 0 radical (unpaired) electrons. The summed E-state index contributed by atoms with van der Waals surface area (Å²) in [5.41, 5.74) is 0. The minimum Gasteiger partial charge on any atom is -0.756 e. The molecule has 0 spiro atoms. The zero-order chi connectivity index (χ0) is 18.9. The number of hydrogen-bond donors (Lipinski definition) is 0. The van der Waals surface area contributed by atoms with Gasteiger partial charge in [-0.2, -0.15) is 0 Å². The summed E-state index contributed by atoms with van der Waals surface area (Å²) in [4.78, 5) is 23.3. The highest BCUT2D eigenvalue weighted by atomic mass is 31.2. The van der Waals surface area contributed by atoms with Crippen molar-refractivity contribution in [1.82, 2.24) is 0 Å². The van der Waals surface area contributed by atoms with Crippen LogP contribution < -0.4 is 4.89 Å². The molecule has 0 rings (SSSR count). The molecule has 0 aliphatic heterocycles. The van der Waals surface area contributed by atoms with E-state index < -0.39 is 26.4 Å². The molecule has 1 atom stereocenters. The Morgan fingerprint density at radius 1 is 1.21 bits per heavy atom. The molecular formula is C14H28NO8P. The van der Waals surface area contributed by atoms with Crippen LogP contribution in [0.3, 0.4) is 0 Å². The SMILES string of the molecule is C=CC(=O)OC(COP(=O)([O-])OCC[N+](C)(C)C)(OCC)OCC. The second-order valence-electron chi connectivity index (χ2n) is 5.74. The Bertz CT molecular complexity index is 443. The lowest BCUT2D eigenvalue weighted by Crippen LogP contribution is -2.45. The molecule has 0 N–H and O–H groups in total. The summed E-state index contributed by atoms with van der Waals surface area (Å²) in [5, 5.41) is 0. The molecule has 0 aliphatic rings. The Hall–Kier alpha value is -0.800. The largest absolute Gasteiger partial charge is 0.756 e. The molecule has 0 bridgehead atoms. The highest BCUT2D eigenvalue weighted by Crippen LogP contribution is 2.39. The van der Waals surface area contributed by atoms with Gasteiger partial charge in [-0.3, -0.25) is 4.57 Å². The monoisotopic (exact) mass is 369 g/mol. The summed E-state index contributed by atoms with van der Waals surface area (Å²) in [7, 11) is 1.07. The molecule has 24 heavy (non-hydrogen) atoms. The molecular weight excluding hydrogens is 341 g/mol. The van der Waals surface area contributed by atoms with Crippen LogP contribution in [-0.2, 0) is 32.6 Å². The van der Waals surface area contributed by atoms with Crippen LogP contribution in [0.4, 0.5) is 0 Å². The van der Waals surface area contributed by atoms with Crippen LogP contribution >= 0.6 is 7.82 Å². The fourth-order valence-corrected chi connectivity index (χ4v) is 2.17. The summed E-state index contributed by atoms with van der Waals surface area (Å²) in [6, 6.07) is 0. The predicted molar refractivity (Wildman–Crippen MR) is 84.7 cm³/mol. The lowest BCUT2D eigenvalue weighted by molar-refractivity contribution is -0.870. The zero-order valence-electron chi connectivity index (χ0n) is 15.0. The van der Waals surface area contributed by atoms with Crippen LogP contribution in [0, 0.1) is 0 Å². The van der Waals surface area contributed by atoms with Crippen molar-refractivity contribution in [3.8, 4) is 0 Å². The maximum absolute atomic E-state index is 11.8. The number of hydrogen-bond acceptors (Lipinski definition) is 8. The molecule has 142 valence electrons. The highest BCUT2D eigenvalue weighted by molar-refractivity contribution is 7.45. The van der Waals surface area contributed by atoms with Gasteiger partial charge in [0.2, 0.25) is 0 Å². The molecule has 0 aromatic rings. The Morgan fingerprint density at radius 3 is 2.17 bits per heavy atom. The van der Waals surface area contributed by atoms with E-state index in [0.717, 1.165) is 6.08 Å². The molecule has 0 amide bonds. The van der Waals surface area contributed by atoms with Gasteiger partial charge in [0.05, 0.1) is 34.4 Å². The van der Waals surface area contributed by atoms with Gasteiger partial charge < -0.3 is 32.6 Å². The van der Waals surface area contributed by atoms with E-state index in [0.29, 0.717) is 11.0 Å². The normalized spacial score (nSPS) is 14.9. The molecule has 0 aromatic carbocycles. The molecule has 0 saturated heterocycles. The fourth-order valence-electron chi connectivity index (χ4n) is 1.47. The van der Waals surface area contributed by atoms with Crippen molar-refractivity contribution in [2.75, 3.05) is 54.1 Å². The third kappa shape index (κ3) is 10.1. The third-order valence-electron chi connectivity index (χ3n) is 2.56. The van der Waals surface area contributed by atoms with Gasteiger partial charge in [0.1, 0.15) is 19.8 Å². The standard InChI is InChI=1S/C14H28NO8P/c1-7-13(16)23-14(19-8-2,20-9-3)12-22-24(17,18)21-11-10-15(4,5)6/h7H,1,8-12H2,2-6H3. The number of ether oxygens (including phenoxy) is 3. The van der Waals surface area contributed by atoms with Crippen LogP contribution in [0.15, 0.2) is 12.7 Å². The molecule has 0 aromatic heterocycles. The number of phosphoric acid groups is 1. The van der Waals surface area contributed by atoms with Gasteiger partial charge >= 0.3 is 11.9 Å². The third-order valence-corrected chi connectivity index (χ3v) is 3.51. The Balaban J connectivity index is 4.85. The van der Waals surface area contributed by atoms with Crippen molar-refractivity contribution in [2.45, 2.75) is 19.8 Å². The summed E-state index contributed by atoms with van der Waals surface area (Å²) >= 11 is 0. The van der Waals surface area contributed by atoms with E-state index >= 15 is 0 Å². The van der Waals surface area contributed by atoms with E-state index in [4.69, 9.17) is 23.3 Å². The van der Waals surface area contributed by atoms with Crippen LogP contribution in [-0.4, -0.2) is 70.5 Å². The Morgan fingerprint density at radius 2 is 1.75 bits per heavy atom. The maximum Gasteiger partial charge on any atom is 0.354 e. The van der Waals surface area contributed by atoms with Crippen molar-refractivity contribution in [3.63, 3.8) is 0 Å². The topological polar surface area (TPSA) is 103 Å². The number of esters is 1. The van der Waals surface area contributed by atoms with Crippen LogP contribution in [0.5, 0.6) is 0 Å². The number of carbonyl (C=O) groups is 1. The van der Waals surface area contributed by atoms with E-state index in [1.807, 2.05) is 21.1 Å². The van der Waals surface area contributed by atoms with E-state index in [2.05, 4.69) is 6.58 Å². The van der Waals surface area contributed by atoms with Gasteiger partial charge in [-0.1, -0.05) is 6.58 Å². The first kappa shape index (κ1) is 23.2. The predicted octanol–water partition coefficient (Wildman–Crippen LogP) is 0.650. The lowest BCUT2D eigenvalue weighted by Gasteiger charge is -2.33. The molecule has 0 heterocycles. The average Bonchev–Trinajstić information content (AvgIpc) is 2.44. The van der Waals surface area contributed by atoms with Gasteiger partial charge in [0.25, 0.3) is 7.82 Å². The van der Waals surface area contributed by atoms with Crippen molar-refractivity contribution in [3.05, 3.63) is 12.7 Å². The average molecular weight is 369 g/mol. The summed E-state index contributed by atoms with van der Waals surface area (Å²) in [6.07, 6.45) is 0.904. The zero-order valence-corrected chi connectivity index (χ0v) is 15.9. The van der Waals surface area contributed by atoms with Crippen molar-refractivity contribution in [2.24, 2.45) is 0 Å². The highest BCUT2D eigenvalue weighted by Gasteiger charge is 2.38. The van der Waals surface area contributed by atoms with Gasteiger partial charge in [-0.25, -0.2) is 4.79 Å². The Labute approximate surface area is 143 Å². The number of phosphoric ester groups is 1. The number of quaternary nitrogens is 1. The number of nitrogens with zero attached hydrogens (tertiary/aromatic N) is 1. The van der Waals surface area contributed by atoms with Gasteiger partial charge in [0, 0.05) is 6.08 Å². The van der Waals surface area contributed by atoms with Crippen LogP contribution in [0.25, 0.3) is 0 Å². The number of rotatable bonds is 13. The Kier molecular flexibility index (Phi) is 9.91. The molecule has 0 fully saturated rings. The quantitative estimate of drug-likeness (QED) is 0.153. The van der Waals surface area contributed by atoms with E-state index in [1.165, 1.54) is 0 Å². The minimum atomic E-state index is -4.61. The van der Waals surface area contributed by atoms with E-state index in [1.54, 1.807) is 13.8 Å². The van der Waals surface area contributed by atoms with Crippen molar-refractivity contribution >= 4 is 13.8 Å². The molecule has 0 saturated carbocycles. The number of likely N-dealkylation sites (N-methyl/N-ethyl adjacent to an activating group) is 1.